The minimum atomic E-state index is -0.799. The smallest absolute Gasteiger partial charge is 0.311 e. The Kier molecular flexibility index (Phi) is 6.26. The zero-order chi connectivity index (χ0) is 19.1. The molecule has 2 rings (SSSR count). The zero-order valence-electron chi connectivity index (χ0n) is 14.4. The van der Waals surface area contributed by atoms with Crippen LogP contribution in [0, 0.1) is 10.1 Å². The third-order valence-corrected chi connectivity index (χ3v) is 3.69. The van der Waals surface area contributed by atoms with Gasteiger partial charge in [0.2, 0.25) is 5.91 Å². The number of ether oxygens (including phenoxy) is 1. The Bertz CT molecular complexity index is 808. The molecule has 0 saturated carbocycles. The topological polar surface area (TPSA) is 111 Å². The van der Waals surface area contributed by atoms with Crippen LogP contribution in [0.1, 0.15) is 22.8 Å². The van der Waals surface area contributed by atoms with Crippen LogP contribution in [0.4, 0.5) is 5.69 Å². The summed E-state index contributed by atoms with van der Waals surface area (Å²) in [5, 5.41) is 16.3. The lowest BCUT2D eigenvalue weighted by Gasteiger charge is -2.14. The molecule has 1 unspecified atom stereocenters. The fourth-order valence-corrected chi connectivity index (χ4v) is 2.26. The lowest BCUT2D eigenvalue weighted by molar-refractivity contribution is -0.385. The average molecular weight is 357 g/mol. The van der Waals surface area contributed by atoms with E-state index in [2.05, 4.69) is 10.6 Å². The molecule has 0 fully saturated rings. The Morgan fingerprint density at radius 3 is 2.50 bits per heavy atom. The molecule has 2 aromatic carbocycles. The van der Waals surface area contributed by atoms with Gasteiger partial charge in [0.05, 0.1) is 12.0 Å². The molecule has 2 amide bonds. The predicted octanol–water partition coefficient (Wildman–Crippen LogP) is 2.04. The van der Waals surface area contributed by atoms with E-state index < -0.39 is 16.9 Å². The van der Waals surface area contributed by atoms with Crippen molar-refractivity contribution in [2.75, 3.05) is 7.11 Å². The highest BCUT2D eigenvalue weighted by atomic mass is 16.6. The summed E-state index contributed by atoms with van der Waals surface area (Å²) in [6, 6.07) is 12.4. The summed E-state index contributed by atoms with van der Waals surface area (Å²) < 4.78 is 4.90. The van der Waals surface area contributed by atoms with Crippen LogP contribution < -0.4 is 15.4 Å². The van der Waals surface area contributed by atoms with Crippen LogP contribution in [-0.2, 0) is 11.3 Å². The van der Waals surface area contributed by atoms with E-state index in [1.165, 1.54) is 26.2 Å². The van der Waals surface area contributed by atoms with E-state index in [-0.39, 0.29) is 22.9 Å². The van der Waals surface area contributed by atoms with Gasteiger partial charge in [0.15, 0.2) is 5.75 Å². The minimum Gasteiger partial charge on any atom is -0.490 e. The molecule has 0 aliphatic carbocycles. The summed E-state index contributed by atoms with van der Waals surface area (Å²) in [5.74, 6) is -0.886. The van der Waals surface area contributed by atoms with Crippen molar-refractivity contribution in [1.82, 2.24) is 10.6 Å². The number of amides is 2. The van der Waals surface area contributed by atoms with E-state index in [1.807, 2.05) is 30.3 Å². The molecular formula is C18H19N3O5. The number of hydrogen-bond acceptors (Lipinski definition) is 5. The lowest BCUT2D eigenvalue weighted by Crippen LogP contribution is -2.44. The monoisotopic (exact) mass is 357 g/mol. The largest absolute Gasteiger partial charge is 0.490 e. The molecular weight excluding hydrogens is 338 g/mol. The first-order chi connectivity index (χ1) is 12.4. The van der Waals surface area contributed by atoms with Crippen molar-refractivity contribution in [3.63, 3.8) is 0 Å². The first kappa shape index (κ1) is 18.9. The van der Waals surface area contributed by atoms with Gasteiger partial charge in [0.1, 0.15) is 6.04 Å². The van der Waals surface area contributed by atoms with Crippen LogP contribution in [-0.4, -0.2) is 29.9 Å². The number of rotatable bonds is 7. The molecule has 136 valence electrons. The van der Waals surface area contributed by atoms with Gasteiger partial charge in [0.25, 0.3) is 5.91 Å². The van der Waals surface area contributed by atoms with Crippen LogP contribution in [0.3, 0.4) is 0 Å². The third-order valence-electron chi connectivity index (χ3n) is 3.69. The molecule has 8 nitrogen and oxygen atoms in total. The highest BCUT2D eigenvalue weighted by Crippen LogP contribution is 2.27. The Morgan fingerprint density at radius 1 is 1.19 bits per heavy atom. The highest BCUT2D eigenvalue weighted by Gasteiger charge is 2.21. The third kappa shape index (κ3) is 4.79. The summed E-state index contributed by atoms with van der Waals surface area (Å²) >= 11 is 0. The van der Waals surface area contributed by atoms with Crippen molar-refractivity contribution in [1.29, 1.82) is 0 Å². The second-order valence-electron chi connectivity index (χ2n) is 5.54. The first-order valence-corrected chi connectivity index (χ1v) is 7.87. The summed E-state index contributed by atoms with van der Waals surface area (Å²) in [4.78, 5) is 34.8. The Balaban J connectivity index is 1.98. The number of nitro groups is 1. The summed E-state index contributed by atoms with van der Waals surface area (Å²) in [7, 11) is 1.31. The van der Waals surface area contributed by atoms with Crippen LogP contribution in [0.2, 0.25) is 0 Å². The molecule has 0 bridgehead atoms. The minimum absolute atomic E-state index is 0.0557. The van der Waals surface area contributed by atoms with Crippen LogP contribution in [0.25, 0.3) is 0 Å². The number of benzene rings is 2. The maximum absolute atomic E-state index is 12.3. The predicted molar refractivity (Wildman–Crippen MR) is 94.9 cm³/mol. The number of nitro benzene ring substituents is 1. The van der Waals surface area contributed by atoms with Gasteiger partial charge >= 0.3 is 5.69 Å². The maximum Gasteiger partial charge on any atom is 0.311 e. The van der Waals surface area contributed by atoms with Gasteiger partial charge in [-0.15, -0.1) is 0 Å². The van der Waals surface area contributed by atoms with Crippen molar-refractivity contribution < 1.29 is 19.2 Å². The number of methoxy groups -OCH3 is 1. The highest BCUT2D eigenvalue weighted by molar-refractivity contribution is 5.98. The second kappa shape index (κ2) is 8.61. The molecule has 1 atom stereocenters. The quantitative estimate of drug-likeness (QED) is 0.582. The summed E-state index contributed by atoms with van der Waals surface area (Å²) in [6.45, 7) is 1.88. The number of nitrogens with one attached hydrogen (secondary N) is 2. The molecule has 8 heteroatoms. The number of hydrogen-bond donors (Lipinski definition) is 2. The van der Waals surface area contributed by atoms with Crippen molar-refractivity contribution >= 4 is 17.5 Å². The Labute approximate surface area is 150 Å². The molecule has 0 aliphatic heterocycles. The molecule has 0 spiro atoms. The first-order valence-electron chi connectivity index (χ1n) is 7.87. The molecule has 2 N–H and O–H groups in total. The fraction of sp³-hybridized carbons (Fsp3) is 0.222. The Hall–Kier alpha value is -3.42. The average Bonchev–Trinajstić information content (AvgIpc) is 2.66. The number of carbonyl (C=O) groups excluding carboxylic acids is 2. The van der Waals surface area contributed by atoms with Crippen molar-refractivity contribution in [2.24, 2.45) is 0 Å². The van der Waals surface area contributed by atoms with Crippen LogP contribution in [0.5, 0.6) is 5.75 Å². The van der Waals surface area contributed by atoms with E-state index in [4.69, 9.17) is 4.74 Å². The van der Waals surface area contributed by atoms with Gasteiger partial charge in [0, 0.05) is 18.2 Å². The molecule has 2 aromatic rings. The van der Waals surface area contributed by atoms with Gasteiger partial charge < -0.3 is 15.4 Å². The van der Waals surface area contributed by atoms with Gasteiger partial charge in [-0.3, -0.25) is 19.7 Å². The molecule has 0 saturated heterocycles. The van der Waals surface area contributed by atoms with Crippen LogP contribution >= 0.6 is 0 Å². The van der Waals surface area contributed by atoms with Gasteiger partial charge in [-0.05, 0) is 24.6 Å². The standard InChI is InChI=1S/C18H19N3O5/c1-12(17(22)19-11-13-6-4-3-5-7-13)20-18(23)14-8-9-16(26-2)15(10-14)21(24)25/h3-10,12H,11H2,1-2H3,(H,19,22)(H,20,23). The van der Waals surface area contributed by atoms with Crippen molar-refractivity contribution in [3.8, 4) is 5.75 Å². The van der Waals surface area contributed by atoms with E-state index in [1.54, 1.807) is 0 Å². The molecule has 0 aromatic heterocycles. The van der Waals surface area contributed by atoms with E-state index >= 15 is 0 Å². The number of carbonyl (C=O) groups is 2. The van der Waals surface area contributed by atoms with Crippen molar-refractivity contribution in [3.05, 3.63) is 69.8 Å². The SMILES string of the molecule is COc1ccc(C(=O)NC(C)C(=O)NCc2ccccc2)cc1[N+](=O)[O-]. The van der Waals surface area contributed by atoms with Gasteiger partial charge in [-0.2, -0.15) is 0 Å². The van der Waals surface area contributed by atoms with Gasteiger partial charge in [-0.1, -0.05) is 30.3 Å². The van der Waals surface area contributed by atoms with E-state index in [0.29, 0.717) is 6.54 Å². The fourth-order valence-electron chi connectivity index (χ4n) is 2.26. The van der Waals surface area contributed by atoms with Crippen LogP contribution in [0.15, 0.2) is 48.5 Å². The zero-order valence-corrected chi connectivity index (χ0v) is 14.4. The normalized spacial score (nSPS) is 11.3. The molecule has 0 heterocycles. The summed E-state index contributed by atoms with van der Waals surface area (Å²) in [6.07, 6.45) is 0. The van der Waals surface area contributed by atoms with Gasteiger partial charge in [-0.25, -0.2) is 0 Å². The second-order valence-corrected chi connectivity index (χ2v) is 5.54. The lowest BCUT2D eigenvalue weighted by atomic mass is 10.1. The van der Waals surface area contributed by atoms with Crippen molar-refractivity contribution in [2.45, 2.75) is 19.5 Å². The Morgan fingerprint density at radius 2 is 1.88 bits per heavy atom. The molecule has 26 heavy (non-hydrogen) atoms. The maximum atomic E-state index is 12.3. The summed E-state index contributed by atoms with van der Waals surface area (Å²) in [5.41, 5.74) is 0.687. The van der Waals surface area contributed by atoms with E-state index in [9.17, 15) is 19.7 Å². The molecule has 0 radical (unpaired) electrons. The molecule has 0 aliphatic rings. The van der Waals surface area contributed by atoms with E-state index in [0.717, 1.165) is 11.6 Å². The number of nitrogens with zero attached hydrogens (tertiary/aromatic N) is 1.